The third-order valence-corrected chi connectivity index (χ3v) is 13.1. The number of para-hydroxylation sites is 1. The van der Waals surface area contributed by atoms with Crippen LogP contribution in [0.1, 0.15) is 52.0 Å². The molecule has 210 valence electrons. The van der Waals surface area contributed by atoms with Gasteiger partial charge in [-0.1, -0.05) is 13.3 Å². The predicted octanol–water partition coefficient (Wildman–Crippen LogP) is 5.55. The number of rotatable bonds is 7. The van der Waals surface area contributed by atoms with Crippen molar-refractivity contribution < 1.29 is 9.53 Å². The van der Waals surface area contributed by atoms with Gasteiger partial charge in [0, 0.05) is 0 Å². The normalized spacial score (nSPS) is 16.3. The fraction of sp³-hybridized carbons (Fsp3) is 0.517. The number of piperazine rings is 1. The Morgan fingerprint density at radius 3 is 2.54 bits per heavy atom. The molecule has 3 aromatic rings. The van der Waals surface area contributed by atoms with Gasteiger partial charge >= 0.3 is 221 Å². The zero-order valence-corrected chi connectivity index (χ0v) is 27.7. The molecule has 39 heavy (non-hydrogen) atoms. The van der Waals surface area contributed by atoms with Gasteiger partial charge in [0.1, 0.15) is 0 Å². The molecule has 0 aliphatic carbocycles. The molecule has 3 heterocycles. The second-order valence-corrected chi connectivity index (χ2v) is 26.3. The molecule has 0 radical (unpaired) electrons. The molecule has 1 unspecified atom stereocenters. The minimum atomic E-state index is -2.75. The molecule has 1 saturated heterocycles. The first kappa shape index (κ1) is 29.6. The number of unbranched alkanes of at least 4 members (excludes halogenated alkanes) is 1. The van der Waals surface area contributed by atoms with Crippen LogP contribution in [0.2, 0.25) is 19.8 Å². The minimum absolute atomic E-state index is 0.0772. The van der Waals surface area contributed by atoms with Crippen molar-refractivity contribution in [2.45, 2.75) is 67.3 Å². The van der Waals surface area contributed by atoms with Crippen LogP contribution in [-0.4, -0.2) is 76.2 Å². The van der Waals surface area contributed by atoms with E-state index in [1.54, 1.807) is 9.47 Å². The standard InChI is InChI=1S/C26H31ClN5O3.3CH3.Sn/c1-5-6-13-35-26(34)30-11-12-31(18(4)16-30)24-21-14-19(27)15-28-23(21)32(25(33)29-24)22-10-8-7-9-20(22)17(2)3;;;;/h7-10,14,17-18H,5-6,11-13,16H2,1-4H3;3*1H3;. The van der Waals surface area contributed by atoms with E-state index < -0.39 is 18.4 Å². The van der Waals surface area contributed by atoms with Crippen molar-refractivity contribution in [3.63, 3.8) is 0 Å². The van der Waals surface area contributed by atoms with E-state index in [2.05, 4.69) is 45.5 Å². The van der Waals surface area contributed by atoms with E-state index in [0.717, 1.165) is 33.2 Å². The van der Waals surface area contributed by atoms with Crippen molar-refractivity contribution >= 4 is 56.6 Å². The summed E-state index contributed by atoms with van der Waals surface area (Å²) in [7, 11) is 0. The number of ether oxygens (including phenoxy) is 1. The predicted molar refractivity (Wildman–Crippen MR) is 162 cm³/mol. The molecule has 4 rings (SSSR count). The molecule has 1 aliphatic rings. The number of carbonyl (C=O) groups is 1. The number of pyridine rings is 1. The van der Waals surface area contributed by atoms with E-state index >= 15 is 0 Å². The third-order valence-electron chi connectivity index (χ3n) is 7.19. The summed E-state index contributed by atoms with van der Waals surface area (Å²) in [6, 6.07) is 9.80. The summed E-state index contributed by atoms with van der Waals surface area (Å²) in [5.74, 6) is 0.770. The van der Waals surface area contributed by atoms with E-state index in [1.165, 1.54) is 0 Å². The van der Waals surface area contributed by atoms with Gasteiger partial charge in [-0.15, -0.1) is 0 Å². The Balaban J connectivity index is 1.85. The van der Waals surface area contributed by atoms with Gasteiger partial charge in [-0.3, -0.25) is 0 Å². The zero-order valence-electron chi connectivity index (χ0n) is 24.1. The summed E-state index contributed by atoms with van der Waals surface area (Å²) >= 11 is 4.12. The van der Waals surface area contributed by atoms with Gasteiger partial charge in [0.2, 0.25) is 0 Å². The Morgan fingerprint density at radius 2 is 1.90 bits per heavy atom. The average molecular weight is 661 g/mol. The quantitative estimate of drug-likeness (QED) is 0.244. The van der Waals surface area contributed by atoms with Crippen LogP contribution in [0.4, 0.5) is 10.6 Å². The number of halogens is 1. The fourth-order valence-corrected chi connectivity index (χ4v) is 10.6. The zero-order chi connectivity index (χ0) is 28.5. The van der Waals surface area contributed by atoms with Crippen molar-refractivity contribution in [2.24, 2.45) is 0 Å². The number of carbonyl (C=O) groups excluding carboxylic acids is 1. The first-order valence-corrected chi connectivity index (χ1v) is 24.2. The molecule has 0 spiro atoms. The molecule has 2 aromatic heterocycles. The maximum atomic E-state index is 13.8. The number of fused-ring (bicyclic) bond motifs is 1. The van der Waals surface area contributed by atoms with Crippen LogP contribution in [0, 0.1) is 0 Å². The first-order chi connectivity index (χ1) is 18.4. The van der Waals surface area contributed by atoms with Crippen LogP contribution in [-0.2, 0) is 4.74 Å². The van der Waals surface area contributed by atoms with E-state index in [0.29, 0.717) is 42.7 Å². The first-order valence-electron chi connectivity index (χ1n) is 13.9. The maximum absolute atomic E-state index is 13.8. The van der Waals surface area contributed by atoms with Crippen molar-refractivity contribution in [1.29, 1.82) is 0 Å². The molecule has 1 aliphatic heterocycles. The Labute approximate surface area is 240 Å². The van der Waals surface area contributed by atoms with Gasteiger partial charge in [0.25, 0.3) is 0 Å². The summed E-state index contributed by atoms with van der Waals surface area (Å²) in [4.78, 5) is 46.8. The molecular formula is C29H40ClN5O3Sn. The number of aromatic nitrogens is 3. The molecule has 10 heteroatoms. The number of nitrogens with zero attached hydrogens (tertiary/aromatic N) is 5. The molecule has 1 atom stereocenters. The second-order valence-electron chi connectivity index (χ2n) is 11.7. The summed E-state index contributed by atoms with van der Waals surface area (Å²) in [5, 5.41) is 1.37. The molecule has 8 nitrogen and oxygen atoms in total. The van der Waals surface area contributed by atoms with Gasteiger partial charge in [0.05, 0.1) is 0 Å². The van der Waals surface area contributed by atoms with E-state index in [9.17, 15) is 9.59 Å². The molecule has 0 saturated carbocycles. The van der Waals surface area contributed by atoms with Gasteiger partial charge < -0.3 is 0 Å². The van der Waals surface area contributed by atoms with Gasteiger partial charge in [0.15, 0.2) is 0 Å². The molecular weight excluding hydrogens is 621 g/mol. The number of benzene rings is 1. The summed E-state index contributed by atoms with van der Waals surface area (Å²) < 4.78 is 8.01. The molecule has 1 amide bonds. The summed E-state index contributed by atoms with van der Waals surface area (Å²) in [6.07, 6.45) is 1.53. The molecule has 0 N–H and O–H groups in total. The van der Waals surface area contributed by atoms with Gasteiger partial charge in [-0.05, 0) is 6.42 Å². The summed E-state index contributed by atoms with van der Waals surface area (Å²) in [6.45, 7) is 10.2. The fourth-order valence-electron chi connectivity index (χ4n) is 5.08. The van der Waals surface area contributed by atoms with E-state index in [1.807, 2.05) is 37.3 Å². The Kier molecular flexibility index (Phi) is 9.15. The van der Waals surface area contributed by atoms with Crippen molar-refractivity contribution in [3.05, 3.63) is 51.4 Å². The SMILES string of the molecule is CCCCOC(=O)N1CCN(c2nc(=O)n(-c3ccccc3C(C)C)c3n[c]([Sn]([CH3])([CH3])[CH3])c(Cl)cc23)C(C)C1. The Hall–Kier alpha value is -2.33. The van der Waals surface area contributed by atoms with Crippen LogP contribution < -0.4 is 14.3 Å². The number of hydrogen-bond acceptors (Lipinski definition) is 6. The third kappa shape index (κ3) is 6.21. The Bertz CT molecular complexity index is 1420. The molecule has 1 aromatic carbocycles. The van der Waals surface area contributed by atoms with E-state index in [4.69, 9.17) is 21.3 Å². The van der Waals surface area contributed by atoms with Crippen LogP contribution in [0.5, 0.6) is 0 Å². The van der Waals surface area contributed by atoms with E-state index in [-0.39, 0.29) is 23.7 Å². The van der Waals surface area contributed by atoms with Crippen LogP contribution >= 0.6 is 11.6 Å². The van der Waals surface area contributed by atoms with Crippen LogP contribution in [0.25, 0.3) is 16.7 Å². The topological polar surface area (TPSA) is 80.6 Å². The van der Waals surface area contributed by atoms with Crippen LogP contribution in [0.3, 0.4) is 0 Å². The van der Waals surface area contributed by atoms with Crippen LogP contribution in [0.15, 0.2) is 35.1 Å². The molecule has 1 fully saturated rings. The molecule has 0 bridgehead atoms. The number of anilines is 1. The number of hydrogen-bond donors (Lipinski definition) is 0. The van der Waals surface area contributed by atoms with Crippen molar-refractivity contribution in [1.82, 2.24) is 19.4 Å². The van der Waals surface area contributed by atoms with Crippen molar-refractivity contribution in [3.8, 4) is 5.69 Å². The van der Waals surface area contributed by atoms with Gasteiger partial charge in [-0.25, -0.2) is 0 Å². The van der Waals surface area contributed by atoms with Gasteiger partial charge in [-0.2, -0.15) is 0 Å². The Morgan fingerprint density at radius 1 is 1.18 bits per heavy atom. The number of amides is 1. The van der Waals surface area contributed by atoms with Crippen molar-refractivity contribution in [2.75, 3.05) is 31.1 Å². The summed E-state index contributed by atoms with van der Waals surface area (Å²) in [5.41, 5.74) is 2.05. The monoisotopic (exact) mass is 661 g/mol. The average Bonchev–Trinajstić information content (AvgIpc) is 2.87. The second kappa shape index (κ2) is 12.0.